The summed E-state index contributed by atoms with van der Waals surface area (Å²) in [5.74, 6) is -2.33. The van der Waals surface area contributed by atoms with E-state index in [0.29, 0.717) is 11.3 Å². The maximum atomic E-state index is 9.43. The Bertz CT molecular complexity index is 623. The van der Waals surface area contributed by atoms with Gasteiger partial charge >= 0.3 is 5.97 Å². The summed E-state index contributed by atoms with van der Waals surface area (Å²) in [5, 5.41) is 32.1. The predicted octanol–water partition coefficient (Wildman–Crippen LogP) is 1.66. The van der Waals surface area contributed by atoms with E-state index in [9.17, 15) is 15.3 Å². The smallest absolute Gasteiger partial charge is 0.304 e. The Hall–Kier alpha value is -1.69. The zero-order valence-electron chi connectivity index (χ0n) is 11.4. The Morgan fingerprint density at radius 3 is 2.11 bits per heavy atom. The second kappa shape index (κ2) is 4.45. The molecule has 5 nitrogen and oxygen atoms in total. The summed E-state index contributed by atoms with van der Waals surface area (Å²) >= 11 is 0. The molecule has 102 valence electrons. The van der Waals surface area contributed by atoms with Crippen LogP contribution in [0.1, 0.15) is 27.9 Å². The number of nitrogens with zero attached hydrogens (tertiary/aromatic N) is 1. The highest BCUT2D eigenvalue weighted by Gasteiger charge is 2.28. The first-order chi connectivity index (χ1) is 8.71. The highest BCUT2D eigenvalue weighted by atomic mass is 16.7. The van der Waals surface area contributed by atoms with Gasteiger partial charge in [-0.1, -0.05) is 5.16 Å². The number of aromatic nitrogens is 1. The largest absolute Gasteiger partial charge is 0.356 e. The molecule has 0 aliphatic rings. The Kier molecular flexibility index (Phi) is 3.22. The maximum absolute atomic E-state index is 9.43. The van der Waals surface area contributed by atoms with Crippen LogP contribution in [-0.4, -0.2) is 20.5 Å². The average Bonchev–Trinajstić information content (AvgIpc) is 2.69. The van der Waals surface area contributed by atoms with Gasteiger partial charge in [0.15, 0.2) is 5.76 Å². The van der Waals surface area contributed by atoms with Gasteiger partial charge in [-0.25, -0.2) is 0 Å². The van der Waals surface area contributed by atoms with E-state index >= 15 is 0 Å². The summed E-state index contributed by atoms with van der Waals surface area (Å²) in [7, 11) is 0. The fraction of sp³-hybridized carbons (Fsp3) is 0.357. The molecule has 0 aliphatic heterocycles. The molecule has 1 aromatic carbocycles. The van der Waals surface area contributed by atoms with E-state index in [2.05, 4.69) is 5.16 Å². The Morgan fingerprint density at radius 1 is 1.00 bits per heavy atom. The third-order valence-corrected chi connectivity index (χ3v) is 3.34. The van der Waals surface area contributed by atoms with Crippen molar-refractivity contribution >= 4 is 0 Å². The van der Waals surface area contributed by atoms with E-state index in [0.717, 1.165) is 22.4 Å². The van der Waals surface area contributed by atoms with Crippen molar-refractivity contribution in [2.24, 2.45) is 0 Å². The standard InChI is InChI=1S/C14H17NO4/c1-7-5-11(14(16,17)18)10(4)13(9(7)3)12-6-8(2)15-19-12/h5-6,16-18H,1-4H3. The molecule has 1 heterocycles. The number of aliphatic hydroxyl groups is 3. The van der Waals surface area contributed by atoms with E-state index in [4.69, 9.17) is 4.52 Å². The van der Waals surface area contributed by atoms with Crippen molar-refractivity contribution in [1.82, 2.24) is 5.16 Å². The molecule has 0 atom stereocenters. The molecular weight excluding hydrogens is 246 g/mol. The van der Waals surface area contributed by atoms with E-state index in [1.54, 1.807) is 19.1 Å². The Morgan fingerprint density at radius 2 is 1.63 bits per heavy atom. The van der Waals surface area contributed by atoms with Gasteiger partial charge in [0.2, 0.25) is 0 Å². The van der Waals surface area contributed by atoms with Gasteiger partial charge in [0.25, 0.3) is 0 Å². The van der Waals surface area contributed by atoms with Gasteiger partial charge in [0.05, 0.1) is 5.69 Å². The topological polar surface area (TPSA) is 86.7 Å². The second-order valence-electron chi connectivity index (χ2n) is 4.83. The maximum Gasteiger partial charge on any atom is 0.304 e. The molecule has 3 N–H and O–H groups in total. The number of rotatable bonds is 2. The van der Waals surface area contributed by atoms with Gasteiger partial charge in [-0.3, -0.25) is 0 Å². The lowest BCUT2D eigenvalue weighted by atomic mass is 9.91. The van der Waals surface area contributed by atoms with Crippen LogP contribution in [0.25, 0.3) is 11.3 Å². The van der Waals surface area contributed by atoms with E-state index in [-0.39, 0.29) is 5.56 Å². The highest BCUT2D eigenvalue weighted by Crippen LogP contribution is 2.34. The van der Waals surface area contributed by atoms with Gasteiger partial charge in [0.1, 0.15) is 0 Å². The normalized spacial score (nSPS) is 11.9. The molecule has 0 unspecified atom stereocenters. The zero-order valence-corrected chi connectivity index (χ0v) is 11.4. The number of aryl methyl sites for hydroxylation is 2. The van der Waals surface area contributed by atoms with E-state index in [1.807, 2.05) is 20.8 Å². The fourth-order valence-electron chi connectivity index (χ4n) is 2.25. The molecular formula is C14H17NO4. The van der Waals surface area contributed by atoms with Crippen LogP contribution in [0, 0.1) is 27.7 Å². The third kappa shape index (κ3) is 2.40. The molecule has 0 aliphatic carbocycles. The first kappa shape index (κ1) is 13.7. The van der Waals surface area contributed by atoms with Crippen molar-refractivity contribution in [1.29, 1.82) is 0 Å². The quantitative estimate of drug-likeness (QED) is 0.717. The van der Waals surface area contributed by atoms with Crippen molar-refractivity contribution in [2.45, 2.75) is 33.7 Å². The molecule has 0 fully saturated rings. The molecule has 0 bridgehead atoms. The highest BCUT2D eigenvalue weighted by molar-refractivity contribution is 5.69. The van der Waals surface area contributed by atoms with E-state index in [1.165, 1.54) is 0 Å². The minimum absolute atomic E-state index is 0.0413. The summed E-state index contributed by atoms with van der Waals surface area (Å²) in [6.07, 6.45) is 0. The van der Waals surface area contributed by atoms with Crippen LogP contribution in [0.3, 0.4) is 0 Å². The van der Waals surface area contributed by atoms with Crippen molar-refractivity contribution in [3.63, 3.8) is 0 Å². The molecule has 1 aromatic heterocycles. The molecule has 2 aromatic rings. The van der Waals surface area contributed by atoms with E-state index < -0.39 is 5.97 Å². The molecule has 0 radical (unpaired) electrons. The molecule has 0 saturated heterocycles. The molecule has 2 rings (SSSR count). The summed E-state index contributed by atoms with van der Waals surface area (Å²) in [4.78, 5) is 0. The monoisotopic (exact) mass is 263 g/mol. The molecule has 5 heteroatoms. The van der Waals surface area contributed by atoms with Crippen LogP contribution >= 0.6 is 0 Å². The molecule has 0 spiro atoms. The molecule has 0 saturated carbocycles. The minimum Gasteiger partial charge on any atom is -0.356 e. The van der Waals surface area contributed by atoms with Crippen LogP contribution in [0.4, 0.5) is 0 Å². The fourth-order valence-corrected chi connectivity index (χ4v) is 2.25. The minimum atomic E-state index is -2.87. The van der Waals surface area contributed by atoms with Crippen LogP contribution in [0.5, 0.6) is 0 Å². The van der Waals surface area contributed by atoms with Gasteiger partial charge in [-0.2, -0.15) is 0 Å². The van der Waals surface area contributed by atoms with Crippen LogP contribution < -0.4 is 0 Å². The van der Waals surface area contributed by atoms with Gasteiger partial charge < -0.3 is 19.8 Å². The van der Waals surface area contributed by atoms with Crippen LogP contribution in [0.2, 0.25) is 0 Å². The lowest BCUT2D eigenvalue weighted by Crippen LogP contribution is -2.25. The predicted molar refractivity (Wildman–Crippen MR) is 69.2 cm³/mol. The number of hydrogen-bond acceptors (Lipinski definition) is 5. The van der Waals surface area contributed by atoms with Gasteiger partial charge in [-0.15, -0.1) is 0 Å². The summed E-state index contributed by atoms with van der Waals surface area (Å²) < 4.78 is 5.24. The summed E-state index contributed by atoms with van der Waals surface area (Å²) in [6.45, 7) is 7.25. The second-order valence-corrected chi connectivity index (χ2v) is 4.83. The van der Waals surface area contributed by atoms with Crippen molar-refractivity contribution in [3.8, 4) is 11.3 Å². The Balaban J connectivity index is 2.76. The van der Waals surface area contributed by atoms with Gasteiger partial charge in [0, 0.05) is 17.2 Å². The van der Waals surface area contributed by atoms with Crippen LogP contribution in [0.15, 0.2) is 16.7 Å². The Labute approximate surface area is 111 Å². The lowest BCUT2D eigenvalue weighted by Gasteiger charge is -2.21. The van der Waals surface area contributed by atoms with Crippen molar-refractivity contribution in [2.75, 3.05) is 0 Å². The number of hydrogen-bond donors (Lipinski definition) is 3. The summed E-state index contributed by atoms with van der Waals surface area (Å²) in [6, 6.07) is 3.32. The lowest BCUT2D eigenvalue weighted by molar-refractivity contribution is -0.324. The average molecular weight is 263 g/mol. The van der Waals surface area contributed by atoms with Crippen molar-refractivity contribution < 1.29 is 19.8 Å². The first-order valence-corrected chi connectivity index (χ1v) is 5.94. The molecule has 0 amide bonds. The third-order valence-electron chi connectivity index (χ3n) is 3.34. The summed E-state index contributed by atoms with van der Waals surface area (Å²) in [5.41, 5.74) is 3.82. The number of benzene rings is 1. The SMILES string of the molecule is Cc1cc(-c2c(C)c(C)cc(C(O)(O)O)c2C)on1. The zero-order chi connectivity index (χ0) is 14.4. The van der Waals surface area contributed by atoms with Gasteiger partial charge in [-0.05, 0) is 50.5 Å². The first-order valence-electron chi connectivity index (χ1n) is 5.94. The molecule has 19 heavy (non-hydrogen) atoms. The van der Waals surface area contributed by atoms with Crippen molar-refractivity contribution in [3.05, 3.63) is 40.1 Å². The van der Waals surface area contributed by atoms with Crippen LogP contribution in [-0.2, 0) is 5.97 Å².